The maximum atomic E-state index is 11.6. The number of aromatic carboxylic acids is 1. The van der Waals surface area contributed by atoms with Crippen molar-refractivity contribution in [3.8, 4) is 11.1 Å². The highest BCUT2D eigenvalue weighted by molar-refractivity contribution is 5.95. The van der Waals surface area contributed by atoms with Gasteiger partial charge in [-0.15, -0.1) is 5.10 Å². The van der Waals surface area contributed by atoms with Crippen molar-refractivity contribution >= 4 is 5.97 Å². The molecule has 0 saturated carbocycles. The second-order valence-corrected chi connectivity index (χ2v) is 9.13. The van der Waals surface area contributed by atoms with Crippen molar-refractivity contribution in [1.82, 2.24) is 14.8 Å². The Bertz CT molecular complexity index is 1090. The molecule has 0 radical (unpaired) electrons. The third-order valence-corrected chi connectivity index (χ3v) is 5.68. The molecule has 0 bridgehead atoms. The molecule has 7 heteroatoms. The summed E-state index contributed by atoms with van der Waals surface area (Å²) in [6, 6.07) is 14.9. The number of hydrogen-bond donors (Lipinski definition) is 1. The molecule has 0 aliphatic heterocycles. The molecule has 3 rings (SSSR count). The lowest BCUT2D eigenvalue weighted by Gasteiger charge is -2.27. The Kier molecular flexibility index (Phi) is 7.34. The normalized spacial score (nSPS) is 12.2. The van der Waals surface area contributed by atoms with Crippen LogP contribution >= 0.6 is 0 Å². The van der Waals surface area contributed by atoms with Crippen molar-refractivity contribution in [2.45, 2.75) is 58.3 Å². The summed E-state index contributed by atoms with van der Waals surface area (Å²) in [5.41, 5.74) is 2.63. The standard InChI is InChI=1S/C26H33N3O4/c1-7-16-26(32-5,33-6)23-27-24(25(2,3)4)29(28-23)17-18-12-14-19(15-13-18)20-10-8-9-11-21(20)22(30)31/h8-15H,7,16-17H2,1-6H3,(H,30,31). The van der Waals surface area contributed by atoms with Gasteiger partial charge < -0.3 is 14.6 Å². The van der Waals surface area contributed by atoms with Crippen LogP contribution in [0, 0.1) is 0 Å². The van der Waals surface area contributed by atoms with Crippen LogP contribution in [0.5, 0.6) is 0 Å². The Morgan fingerprint density at radius 1 is 1.03 bits per heavy atom. The smallest absolute Gasteiger partial charge is 0.336 e. The summed E-state index contributed by atoms with van der Waals surface area (Å²) in [7, 11) is 3.23. The van der Waals surface area contributed by atoms with E-state index in [-0.39, 0.29) is 11.0 Å². The van der Waals surface area contributed by atoms with Crippen molar-refractivity contribution in [1.29, 1.82) is 0 Å². The molecule has 1 N–H and O–H groups in total. The third kappa shape index (κ3) is 5.15. The van der Waals surface area contributed by atoms with E-state index in [9.17, 15) is 9.90 Å². The summed E-state index contributed by atoms with van der Waals surface area (Å²) in [5, 5.41) is 14.3. The summed E-state index contributed by atoms with van der Waals surface area (Å²) >= 11 is 0. The van der Waals surface area contributed by atoms with Crippen LogP contribution in [0.1, 0.15) is 68.1 Å². The summed E-state index contributed by atoms with van der Waals surface area (Å²) < 4.78 is 13.4. The van der Waals surface area contributed by atoms with E-state index in [0.29, 0.717) is 24.4 Å². The Morgan fingerprint density at radius 2 is 1.67 bits per heavy atom. The first-order valence-corrected chi connectivity index (χ1v) is 11.1. The lowest BCUT2D eigenvalue weighted by atomic mass is 9.95. The van der Waals surface area contributed by atoms with Crippen LogP contribution in [0.2, 0.25) is 0 Å². The van der Waals surface area contributed by atoms with E-state index < -0.39 is 11.8 Å². The summed E-state index contributed by atoms with van der Waals surface area (Å²) in [5.74, 6) is -0.560. The molecule has 33 heavy (non-hydrogen) atoms. The Hall–Kier alpha value is -3.03. The van der Waals surface area contributed by atoms with E-state index in [1.165, 1.54) is 0 Å². The summed E-state index contributed by atoms with van der Waals surface area (Å²) in [6.07, 6.45) is 1.51. The maximum Gasteiger partial charge on any atom is 0.336 e. The van der Waals surface area contributed by atoms with Crippen LogP contribution in [0.3, 0.4) is 0 Å². The van der Waals surface area contributed by atoms with Crippen LogP contribution in [0.4, 0.5) is 0 Å². The number of benzene rings is 2. The van der Waals surface area contributed by atoms with E-state index >= 15 is 0 Å². The fraction of sp³-hybridized carbons (Fsp3) is 0.423. The average Bonchev–Trinajstić information content (AvgIpc) is 3.23. The first-order chi connectivity index (χ1) is 15.6. The molecule has 1 heterocycles. The third-order valence-electron chi connectivity index (χ3n) is 5.68. The highest BCUT2D eigenvalue weighted by Crippen LogP contribution is 2.32. The highest BCUT2D eigenvalue weighted by atomic mass is 16.7. The number of carbonyl (C=O) groups is 1. The highest BCUT2D eigenvalue weighted by Gasteiger charge is 2.38. The zero-order valence-corrected chi connectivity index (χ0v) is 20.3. The van der Waals surface area contributed by atoms with Gasteiger partial charge in [0.2, 0.25) is 11.6 Å². The molecule has 3 aromatic rings. The Morgan fingerprint density at radius 3 is 2.21 bits per heavy atom. The quantitative estimate of drug-likeness (QED) is 0.448. The molecule has 2 aromatic carbocycles. The van der Waals surface area contributed by atoms with E-state index in [2.05, 4.69) is 27.7 Å². The van der Waals surface area contributed by atoms with E-state index in [4.69, 9.17) is 19.6 Å². The van der Waals surface area contributed by atoms with Crippen molar-refractivity contribution < 1.29 is 19.4 Å². The monoisotopic (exact) mass is 451 g/mol. The lowest BCUT2D eigenvalue weighted by Crippen LogP contribution is -2.32. The number of hydrogen-bond acceptors (Lipinski definition) is 5. The zero-order valence-electron chi connectivity index (χ0n) is 20.3. The number of aromatic nitrogens is 3. The second-order valence-electron chi connectivity index (χ2n) is 9.13. The minimum absolute atomic E-state index is 0.231. The molecule has 0 amide bonds. The van der Waals surface area contributed by atoms with E-state index in [1.54, 1.807) is 26.4 Å². The SMILES string of the molecule is CCCC(OC)(OC)c1nc(C(C)(C)C)n(Cc2ccc(-c3ccccc3C(=O)O)cc2)n1. The largest absolute Gasteiger partial charge is 0.478 e. The molecule has 0 aliphatic rings. The lowest BCUT2D eigenvalue weighted by molar-refractivity contribution is -0.225. The van der Waals surface area contributed by atoms with Crippen LogP contribution < -0.4 is 0 Å². The van der Waals surface area contributed by atoms with Gasteiger partial charge in [-0.2, -0.15) is 0 Å². The fourth-order valence-corrected chi connectivity index (χ4v) is 3.96. The molecule has 0 fully saturated rings. The molecule has 7 nitrogen and oxygen atoms in total. The van der Waals surface area contributed by atoms with Gasteiger partial charge >= 0.3 is 5.97 Å². The Labute approximate surface area is 195 Å². The van der Waals surface area contributed by atoms with Gasteiger partial charge in [-0.3, -0.25) is 0 Å². The van der Waals surface area contributed by atoms with Gasteiger partial charge in [-0.05, 0) is 22.8 Å². The molecular formula is C26H33N3O4. The molecule has 1 aromatic heterocycles. The van der Waals surface area contributed by atoms with E-state index in [0.717, 1.165) is 23.4 Å². The molecule has 0 saturated heterocycles. The predicted octanol–water partition coefficient (Wildman–Crippen LogP) is 5.23. The number of carboxylic acid groups (broad SMARTS) is 1. The number of carboxylic acids is 1. The molecule has 176 valence electrons. The van der Waals surface area contributed by atoms with Crippen molar-refractivity contribution in [2.75, 3.05) is 14.2 Å². The van der Waals surface area contributed by atoms with Crippen molar-refractivity contribution in [3.05, 3.63) is 71.3 Å². The minimum Gasteiger partial charge on any atom is -0.478 e. The van der Waals surface area contributed by atoms with Crippen LogP contribution in [0.25, 0.3) is 11.1 Å². The molecule has 0 unspecified atom stereocenters. The topological polar surface area (TPSA) is 86.5 Å². The summed E-state index contributed by atoms with van der Waals surface area (Å²) in [6.45, 7) is 8.90. The summed E-state index contributed by atoms with van der Waals surface area (Å²) in [4.78, 5) is 16.4. The Balaban J connectivity index is 1.96. The molecule has 0 spiro atoms. The van der Waals surface area contributed by atoms with Gasteiger partial charge in [-0.25, -0.2) is 14.5 Å². The van der Waals surface area contributed by atoms with Crippen molar-refractivity contribution in [3.63, 3.8) is 0 Å². The van der Waals surface area contributed by atoms with Gasteiger partial charge in [0.05, 0.1) is 12.1 Å². The van der Waals surface area contributed by atoms with Crippen LogP contribution in [-0.2, 0) is 27.2 Å². The van der Waals surface area contributed by atoms with Gasteiger partial charge in [-0.1, -0.05) is 76.6 Å². The van der Waals surface area contributed by atoms with Crippen molar-refractivity contribution in [2.24, 2.45) is 0 Å². The minimum atomic E-state index is -0.982. The number of ether oxygens (including phenoxy) is 2. The average molecular weight is 452 g/mol. The second kappa shape index (κ2) is 9.85. The number of nitrogens with zero attached hydrogens (tertiary/aromatic N) is 3. The first-order valence-electron chi connectivity index (χ1n) is 11.1. The molecule has 0 aliphatic carbocycles. The zero-order chi connectivity index (χ0) is 24.2. The van der Waals surface area contributed by atoms with E-state index in [1.807, 2.05) is 41.1 Å². The predicted molar refractivity (Wildman–Crippen MR) is 127 cm³/mol. The first kappa shape index (κ1) is 24.6. The fourth-order valence-electron chi connectivity index (χ4n) is 3.96. The van der Waals surface area contributed by atoms with Gasteiger partial charge in [0, 0.05) is 26.1 Å². The van der Waals surface area contributed by atoms with Gasteiger partial charge in [0.1, 0.15) is 5.82 Å². The van der Waals surface area contributed by atoms with Crippen LogP contribution in [0.15, 0.2) is 48.5 Å². The van der Waals surface area contributed by atoms with Crippen LogP contribution in [-0.4, -0.2) is 40.1 Å². The number of methoxy groups -OCH3 is 2. The molecular weight excluding hydrogens is 418 g/mol. The number of rotatable bonds is 9. The van der Waals surface area contributed by atoms with Gasteiger partial charge in [0.25, 0.3) is 0 Å². The molecule has 0 atom stereocenters. The van der Waals surface area contributed by atoms with Gasteiger partial charge in [0.15, 0.2) is 0 Å². The maximum absolute atomic E-state index is 11.6.